The highest BCUT2D eigenvalue weighted by Crippen LogP contribution is 2.27. The molecule has 5 heteroatoms. The summed E-state index contributed by atoms with van der Waals surface area (Å²) in [6.45, 7) is 4.42. The number of hydrogen-bond donors (Lipinski definition) is 1. The van der Waals surface area contributed by atoms with E-state index in [1.165, 1.54) is 7.11 Å². The van der Waals surface area contributed by atoms with Crippen LogP contribution in [-0.4, -0.2) is 38.8 Å². The van der Waals surface area contributed by atoms with Gasteiger partial charge in [0.15, 0.2) is 0 Å². The van der Waals surface area contributed by atoms with Crippen LogP contribution >= 0.6 is 0 Å². The normalized spacial score (nSPS) is 21.5. The average Bonchev–Trinajstić information content (AvgIpc) is 2.53. The summed E-state index contributed by atoms with van der Waals surface area (Å²) in [7, 11) is 1.43. The van der Waals surface area contributed by atoms with Crippen molar-refractivity contribution in [3.8, 4) is 5.75 Å². The second-order valence-electron chi connectivity index (χ2n) is 5.81. The van der Waals surface area contributed by atoms with Gasteiger partial charge in [-0.05, 0) is 49.9 Å². The number of ether oxygens (including phenoxy) is 2. The SMILES string of the molecule is CCOc1ccc(N2CC(N)CC(CCC(=O)OC)C2)cc1. The third kappa shape index (κ3) is 4.63. The molecule has 1 aliphatic rings. The Hall–Kier alpha value is -1.75. The summed E-state index contributed by atoms with van der Waals surface area (Å²) in [6.07, 6.45) is 2.25. The number of carbonyl (C=O) groups is 1. The molecule has 0 aromatic heterocycles. The van der Waals surface area contributed by atoms with Crippen LogP contribution < -0.4 is 15.4 Å². The van der Waals surface area contributed by atoms with Crippen LogP contribution in [0.5, 0.6) is 5.75 Å². The Morgan fingerprint density at radius 1 is 1.32 bits per heavy atom. The van der Waals surface area contributed by atoms with Crippen LogP contribution in [0, 0.1) is 5.92 Å². The van der Waals surface area contributed by atoms with Gasteiger partial charge in [0.05, 0.1) is 13.7 Å². The predicted octanol–water partition coefficient (Wildman–Crippen LogP) is 2.19. The quantitative estimate of drug-likeness (QED) is 0.816. The van der Waals surface area contributed by atoms with Crippen LogP contribution in [0.2, 0.25) is 0 Å². The van der Waals surface area contributed by atoms with Crippen LogP contribution in [0.25, 0.3) is 0 Å². The van der Waals surface area contributed by atoms with Crippen molar-refractivity contribution in [2.45, 2.75) is 32.2 Å². The van der Waals surface area contributed by atoms with Crippen molar-refractivity contribution < 1.29 is 14.3 Å². The number of esters is 1. The summed E-state index contributed by atoms with van der Waals surface area (Å²) in [5.74, 6) is 1.16. The summed E-state index contributed by atoms with van der Waals surface area (Å²) < 4.78 is 10.2. The molecule has 0 spiro atoms. The van der Waals surface area contributed by atoms with E-state index in [1.807, 2.05) is 19.1 Å². The third-order valence-corrected chi connectivity index (χ3v) is 4.07. The van der Waals surface area contributed by atoms with Gasteiger partial charge in [0.25, 0.3) is 0 Å². The fourth-order valence-electron chi connectivity index (χ4n) is 3.01. The van der Waals surface area contributed by atoms with Crippen molar-refractivity contribution in [1.82, 2.24) is 0 Å². The van der Waals surface area contributed by atoms with Gasteiger partial charge in [-0.3, -0.25) is 4.79 Å². The van der Waals surface area contributed by atoms with Crippen molar-refractivity contribution in [2.75, 3.05) is 31.7 Å². The fourth-order valence-corrected chi connectivity index (χ4v) is 3.01. The Kier molecular flexibility index (Phi) is 6.07. The minimum atomic E-state index is -0.147. The van der Waals surface area contributed by atoms with Crippen molar-refractivity contribution in [3.05, 3.63) is 24.3 Å². The highest BCUT2D eigenvalue weighted by molar-refractivity contribution is 5.69. The molecule has 0 aliphatic carbocycles. The van der Waals surface area contributed by atoms with E-state index in [1.54, 1.807) is 0 Å². The minimum absolute atomic E-state index is 0.142. The first-order valence-corrected chi connectivity index (χ1v) is 7.92. The van der Waals surface area contributed by atoms with Gasteiger partial charge in [-0.25, -0.2) is 0 Å². The second-order valence-corrected chi connectivity index (χ2v) is 5.81. The van der Waals surface area contributed by atoms with Crippen molar-refractivity contribution in [3.63, 3.8) is 0 Å². The smallest absolute Gasteiger partial charge is 0.305 e. The van der Waals surface area contributed by atoms with Gasteiger partial charge in [0, 0.05) is 31.2 Å². The highest BCUT2D eigenvalue weighted by Gasteiger charge is 2.25. The maximum absolute atomic E-state index is 11.3. The number of nitrogens with zero attached hydrogens (tertiary/aromatic N) is 1. The molecule has 22 heavy (non-hydrogen) atoms. The fraction of sp³-hybridized carbons (Fsp3) is 0.588. The topological polar surface area (TPSA) is 64.8 Å². The lowest BCUT2D eigenvalue weighted by atomic mass is 9.90. The van der Waals surface area contributed by atoms with E-state index in [-0.39, 0.29) is 12.0 Å². The zero-order valence-corrected chi connectivity index (χ0v) is 13.5. The molecule has 122 valence electrons. The van der Waals surface area contributed by atoms with Crippen LogP contribution in [0.4, 0.5) is 5.69 Å². The number of anilines is 1. The van der Waals surface area contributed by atoms with Gasteiger partial charge < -0.3 is 20.1 Å². The molecular formula is C17H26N2O3. The molecule has 1 fully saturated rings. The largest absolute Gasteiger partial charge is 0.494 e. The number of nitrogens with two attached hydrogens (primary N) is 1. The minimum Gasteiger partial charge on any atom is -0.494 e. The Morgan fingerprint density at radius 3 is 2.68 bits per heavy atom. The molecule has 1 aliphatic heterocycles. The Labute approximate surface area is 132 Å². The van der Waals surface area contributed by atoms with Gasteiger partial charge in [-0.1, -0.05) is 0 Å². The van der Waals surface area contributed by atoms with E-state index in [0.29, 0.717) is 18.9 Å². The zero-order chi connectivity index (χ0) is 15.9. The molecule has 2 rings (SSSR count). The van der Waals surface area contributed by atoms with Gasteiger partial charge >= 0.3 is 5.97 Å². The van der Waals surface area contributed by atoms with E-state index < -0.39 is 0 Å². The number of benzene rings is 1. The van der Waals surface area contributed by atoms with Crippen LogP contribution in [0.3, 0.4) is 0 Å². The molecule has 1 saturated heterocycles. The number of methoxy groups -OCH3 is 1. The van der Waals surface area contributed by atoms with Crippen LogP contribution in [0.15, 0.2) is 24.3 Å². The van der Waals surface area contributed by atoms with Crippen LogP contribution in [-0.2, 0) is 9.53 Å². The molecule has 5 nitrogen and oxygen atoms in total. The van der Waals surface area contributed by atoms with Crippen molar-refractivity contribution in [2.24, 2.45) is 11.7 Å². The average molecular weight is 306 g/mol. The number of carbonyl (C=O) groups excluding carboxylic acids is 1. The molecule has 2 atom stereocenters. The molecule has 1 heterocycles. The molecular weight excluding hydrogens is 280 g/mol. The lowest BCUT2D eigenvalue weighted by Gasteiger charge is -2.38. The molecule has 1 aromatic rings. The van der Waals surface area contributed by atoms with Crippen molar-refractivity contribution in [1.29, 1.82) is 0 Å². The monoisotopic (exact) mass is 306 g/mol. The van der Waals surface area contributed by atoms with E-state index in [2.05, 4.69) is 17.0 Å². The van der Waals surface area contributed by atoms with E-state index in [9.17, 15) is 4.79 Å². The van der Waals surface area contributed by atoms with E-state index >= 15 is 0 Å². The summed E-state index contributed by atoms with van der Waals surface area (Å²) in [5, 5.41) is 0. The molecule has 0 amide bonds. The second kappa shape index (κ2) is 8.03. The van der Waals surface area contributed by atoms with Gasteiger partial charge in [-0.15, -0.1) is 0 Å². The lowest BCUT2D eigenvalue weighted by Crippen LogP contribution is -2.47. The maximum Gasteiger partial charge on any atom is 0.305 e. The summed E-state index contributed by atoms with van der Waals surface area (Å²) in [4.78, 5) is 13.6. The first kappa shape index (κ1) is 16.6. The molecule has 0 radical (unpaired) electrons. The van der Waals surface area contributed by atoms with E-state index in [0.717, 1.165) is 37.4 Å². The maximum atomic E-state index is 11.3. The first-order chi connectivity index (χ1) is 10.6. The van der Waals surface area contributed by atoms with Gasteiger partial charge in [-0.2, -0.15) is 0 Å². The number of piperidine rings is 1. The van der Waals surface area contributed by atoms with Gasteiger partial charge in [0.1, 0.15) is 5.75 Å². The number of rotatable bonds is 6. The first-order valence-electron chi connectivity index (χ1n) is 7.92. The number of hydrogen-bond acceptors (Lipinski definition) is 5. The molecule has 1 aromatic carbocycles. The summed E-state index contributed by atoms with van der Waals surface area (Å²) >= 11 is 0. The standard InChI is InChI=1S/C17H26N2O3/c1-3-22-16-7-5-15(6-8-16)19-11-13(10-14(18)12-19)4-9-17(20)21-2/h5-8,13-14H,3-4,9-12,18H2,1-2H3. The highest BCUT2D eigenvalue weighted by atomic mass is 16.5. The Bertz CT molecular complexity index is 475. The lowest BCUT2D eigenvalue weighted by molar-refractivity contribution is -0.141. The Morgan fingerprint density at radius 2 is 2.05 bits per heavy atom. The van der Waals surface area contributed by atoms with Gasteiger partial charge in [0.2, 0.25) is 0 Å². The summed E-state index contributed by atoms with van der Waals surface area (Å²) in [5.41, 5.74) is 7.34. The zero-order valence-electron chi connectivity index (χ0n) is 13.5. The summed E-state index contributed by atoms with van der Waals surface area (Å²) in [6, 6.07) is 8.26. The van der Waals surface area contributed by atoms with E-state index in [4.69, 9.17) is 15.2 Å². The van der Waals surface area contributed by atoms with Crippen molar-refractivity contribution >= 4 is 11.7 Å². The van der Waals surface area contributed by atoms with Crippen LogP contribution in [0.1, 0.15) is 26.2 Å². The molecule has 0 saturated carbocycles. The Balaban J connectivity index is 1.96. The molecule has 2 N–H and O–H groups in total. The third-order valence-electron chi connectivity index (χ3n) is 4.07. The molecule has 0 bridgehead atoms. The predicted molar refractivity (Wildman–Crippen MR) is 87.2 cm³/mol. The molecule has 2 unspecified atom stereocenters.